The molecule has 8 nitrogen and oxygen atoms in total. The van der Waals surface area contributed by atoms with Crippen LogP contribution in [0.2, 0.25) is 0 Å². The largest absolute Gasteiger partial charge is 0.322 e. The van der Waals surface area contributed by atoms with E-state index in [1.165, 1.54) is 0 Å². The lowest BCUT2D eigenvalue weighted by atomic mass is 10.0. The first-order chi connectivity index (χ1) is 14.1. The summed E-state index contributed by atoms with van der Waals surface area (Å²) in [5, 5.41) is 10.6. The second-order valence-electron chi connectivity index (χ2n) is 7.13. The molecule has 2 aliphatic heterocycles. The Bertz CT molecular complexity index is 1140. The molecule has 144 valence electrons. The van der Waals surface area contributed by atoms with E-state index in [0.717, 1.165) is 16.8 Å². The molecule has 1 saturated heterocycles. The van der Waals surface area contributed by atoms with Gasteiger partial charge >= 0.3 is 0 Å². The predicted octanol–water partition coefficient (Wildman–Crippen LogP) is 1.70. The summed E-state index contributed by atoms with van der Waals surface area (Å²) in [5.74, 6) is -0.184. The van der Waals surface area contributed by atoms with Crippen LogP contribution < -0.4 is 5.32 Å². The van der Waals surface area contributed by atoms with Crippen LogP contribution >= 0.6 is 0 Å². The van der Waals surface area contributed by atoms with Crippen LogP contribution in [0.3, 0.4) is 0 Å². The molecule has 3 amide bonds. The van der Waals surface area contributed by atoms with E-state index >= 15 is 0 Å². The van der Waals surface area contributed by atoms with E-state index in [2.05, 4.69) is 15.5 Å². The van der Waals surface area contributed by atoms with Crippen molar-refractivity contribution in [2.75, 3.05) is 0 Å². The van der Waals surface area contributed by atoms with E-state index in [0.29, 0.717) is 24.4 Å². The van der Waals surface area contributed by atoms with Gasteiger partial charge in [-0.2, -0.15) is 0 Å². The molecule has 1 unspecified atom stereocenters. The zero-order valence-corrected chi connectivity index (χ0v) is 15.4. The van der Waals surface area contributed by atoms with Gasteiger partial charge in [0.25, 0.3) is 5.91 Å². The molecule has 1 aromatic heterocycles. The van der Waals surface area contributed by atoms with Crippen LogP contribution in [0.25, 0.3) is 17.1 Å². The number of carbonyl (C=O) groups excluding carboxylic acids is 3. The molecular formula is C21H17N5O3. The van der Waals surface area contributed by atoms with Gasteiger partial charge in [-0.15, -0.1) is 10.2 Å². The Balaban J connectivity index is 1.47. The van der Waals surface area contributed by atoms with Crippen molar-refractivity contribution in [1.29, 1.82) is 0 Å². The number of hydrogen-bond acceptors (Lipinski definition) is 5. The number of piperidine rings is 1. The van der Waals surface area contributed by atoms with Gasteiger partial charge in [0.1, 0.15) is 12.4 Å². The third kappa shape index (κ3) is 2.89. The molecule has 8 heteroatoms. The Morgan fingerprint density at radius 2 is 1.86 bits per heavy atom. The Morgan fingerprint density at radius 1 is 1.03 bits per heavy atom. The summed E-state index contributed by atoms with van der Waals surface area (Å²) < 4.78 is 1.87. The normalized spacial score (nSPS) is 18.7. The fourth-order valence-electron chi connectivity index (χ4n) is 3.92. The summed E-state index contributed by atoms with van der Waals surface area (Å²) in [6.45, 7) is 0.330. The molecule has 1 N–H and O–H groups in total. The number of amides is 3. The summed E-state index contributed by atoms with van der Waals surface area (Å²) in [6.07, 6.45) is 2.22. The molecule has 1 atom stereocenters. The van der Waals surface area contributed by atoms with E-state index in [-0.39, 0.29) is 18.2 Å². The highest BCUT2D eigenvalue weighted by atomic mass is 16.2. The van der Waals surface area contributed by atoms with Gasteiger partial charge in [0.05, 0.1) is 0 Å². The quantitative estimate of drug-likeness (QED) is 0.690. The maximum Gasteiger partial charge on any atom is 0.255 e. The molecule has 2 aromatic carbocycles. The van der Waals surface area contributed by atoms with Crippen LogP contribution in [0.5, 0.6) is 0 Å². The third-order valence-corrected chi connectivity index (χ3v) is 5.37. The Morgan fingerprint density at radius 3 is 2.66 bits per heavy atom. The summed E-state index contributed by atoms with van der Waals surface area (Å²) in [4.78, 5) is 38.0. The zero-order chi connectivity index (χ0) is 20.0. The number of fused-ring (bicyclic) bond motifs is 1. The van der Waals surface area contributed by atoms with Crippen molar-refractivity contribution in [3.05, 3.63) is 66.0 Å². The van der Waals surface area contributed by atoms with Crippen LogP contribution in [0.1, 0.15) is 28.8 Å². The first-order valence-electron chi connectivity index (χ1n) is 9.35. The second kappa shape index (κ2) is 6.66. The number of carbonyl (C=O) groups is 3. The van der Waals surface area contributed by atoms with Gasteiger partial charge in [-0.3, -0.25) is 24.3 Å². The van der Waals surface area contributed by atoms with E-state index in [1.54, 1.807) is 17.3 Å². The van der Waals surface area contributed by atoms with Crippen LogP contribution in [0.15, 0.2) is 54.9 Å². The Kier molecular flexibility index (Phi) is 3.97. The van der Waals surface area contributed by atoms with Gasteiger partial charge in [0, 0.05) is 29.8 Å². The highest BCUT2D eigenvalue weighted by Gasteiger charge is 2.39. The van der Waals surface area contributed by atoms with E-state index < -0.39 is 11.9 Å². The standard InChI is InChI=1S/C21H17N5O3/c27-18-9-8-17(20(28)23-18)25-11-14-10-15(6-7-16(14)21(25)29)26-12-22-24-19(26)13-4-2-1-3-5-13/h1-7,10,12,17H,8-9,11H2,(H,23,27,28). The molecule has 29 heavy (non-hydrogen) atoms. The average Bonchev–Trinajstić information content (AvgIpc) is 3.34. The predicted molar refractivity (Wildman–Crippen MR) is 103 cm³/mol. The zero-order valence-electron chi connectivity index (χ0n) is 15.4. The summed E-state index contributed by atoms with van der Waals surface area (Å²) in [5.41, 5.74) is 3.19. The Hall–Kier alpha value is -3.81. The fraction of sp³-hybridized carbons (Fsp3) is 0.190. The van der Waals surface area contributed by atoms with Gasteiger partial charge < -0.3 is 4.90 Å². The van der Waals surface area contributed by atoms with E-state index in [4.69, 9.17) is 0 Å². The molecule has 0 bridgehead atoms. The lowest BCUT2D eigenvalue weighted by Gasteiger charge is -2.29. The number of hydrogen-bond donors (Lipinski definition) is 1. The van der Waals surface area contributed by atoms with Crippen molar-refractivity contribution in [3.63, 3.8) is 0 Å². The molecule has 3 heterocycles. The van der Waals surface area contributed by atoms with Gasteiger partial charge in [-0.1, -0.05) is 30.3 Å². The minimum atomic E-state index is -0.620. The van der Waals surface area contributed by atoms with E-state index in [1.807, 2.05) is 47.0 Å². The number of nitrogens with zero attached hydrogens (tertiary/aromatic N) is 4. The topological polar surface area (TPSA) is 97.2 Å². The number of benzene rings is 2. The maximum absolute atomic E-state index is 12.8. The minimum Gasteiger partial charge on any atom is -0.322 e. The molecule has 1 fully saturated rings. The van der Waals surface area contributed by atoms with Crippen molar-refractivity contribution < 1.29 is 14.4 Å². The van der Waals surface area contributed by atoms with Crippen molar-refractivity contribution in [1.82, 2.24) is 25.0 Å². The number of rotatable bonds is 3. The fourth-order valence-corrected chi connectivity index (χ4v) is 3.92. The number of imide groups is 1. The molecular weight excluding hydrogens is 370 g/mol. The molecule has 0 radical (unpaired) electrons. The molecule has 2 aliphatic rings. The molecule has 5 rings (SSSR count). The van der Waals surface area contributed by atoms with Gasteiger partial charge in [0.2, 0.25) is 11.8 Å². The van der Waals surface area contributed by atoms with Crippen LogP contribution in [0.4, 0.5) is 0 Å². The molecule has 0 aliphatic carbocycles. The summed E-state index contributed by atoms with van der Waals surface area (Å²) in [6, 6.07) is 14.7. The van der Waals surface area contributed by atoms with Gasteiger partial charge in [-0.25, -0.2) is 0 Å². The number of nitrogens with one attached hydrogen (secondary N) is 1. The van der Waals surface area contributed by atoms with Gasteiger partial charge in [0.15, 0.2) is 5.82 Å². The van der Waals surface area contributed by atoms with Crippen molar-refractivity contribution >= 4 is 17.7 Å². The second-order valence-corrected chi connectivity index (χ2v) is 7.13. The highest BCUT2D eigenvalue weighted by molar-refractivity contribution is 6.05. The van der Waals surface area contributed by atoms with Crippen LogP contribution in [-0.4, -0.2) is 43.4 Å². The monoisotopic (exact) mass is 387 g/mol. The van der Waals surface area contributed by atoms with Crippen molar-refractivity contribution in [2.45, 2.75) is 25.4 Å². The lowest BCUT2D eigenvalue weighted by Crippen LogP contribution is -2.52. The third-order valence-electron chi connectivity index (χ3n) is 5.37. The first-order valence-corrected chi connectivity index (χ1v) is 9.35. The molecule has 3 aromatic rings. The highest BCUT2D eigenvalue weighted by Crippen LogP contribution is 2.30. The smallest absolute Gasteiger partial charge is 0.255 e. The first kappa shape index (κ1) is 17.3. The number of aromatic nitrogens is 3. The van der Waals surface area contributed by atoms with Crippen molar-refractivity contribution in [3.8, 4) is 17.1 Å². The maximum atomic E-state index is 12.8. The van der Waals surface area contributed by atoms with Crippen LogP contribution in [0, 0.1) is 0 Å². The van der Waals surface area contributed by atoms with E-state index in [9.17, 15) is 14.4 Å². The average molecular weight is 387 g/mol. The summed E-state index contributed by atoms with van der Waals surface area (Å²) >= 11 is 0. The molecule has 0 saturated carbocycles. The minimum absolute atomic E-state index is 0.187. The molecule has 0 spiro atoms. The lowest BCUT2D eigenvalue weighted by molar-refractivity contribution is -0.136. The Labute approximate surface area is 166 Å². The SMILES string of the molecule is O=C1CCC(N2Cc3cc(-n4cnnc4-c4ccccc4)ccc3C2=O)C(=O)N1. The van der Waals surface area contributed by atoms with Crippen LogP contribution in [-0.2, 0) is 16.1 Å². The van der Waals surface area contributed by atoms with Gasteiger partial charge in [-0.05, 0) is 30.2 Å². The summed E-state index contributed by atoms with van der Waals surface area (Å²) in [7, 11) is 0. The van der Waals surface area contributed by atoms with Crippen molar-refractivity contribution in [2.24, 2.45) is 0 Å².